The predicted molar refractivity (Wildman–Crippen MR) is 106 cm³/mol. The Labute approximate surface area is 156 Å². The second-order valence-corrected chi connectivity index (χ2v) is 7.12. The van der Waals surface area contributed by atoms with Crippen molar-refractivity contribution in [2.24, 2.45) is 12.1 Å². The van der Waals surface area contributed by atoms with E-state index < -0.39 is 0 Å². The average molecular weight is 366 g/mol. The van der Waals surface area contributed by atoms with Crippen LogP contribution in [0.1, 0.15) is 31.0 Å². The molecule has 0 N–H and O–H groups in total. The molecule has 4 rings (SSSR count). The Balaban J connectivity index is 2.01. The molecule has 1 aliphatic rings. The van der Waals surface area contributed by atoms with Crippen molar-refractivity contribution < 1.29 is 0 Å². The molecule has 1 unspecified atom stereocenters. The maximum absolute atomic E-state index is 13.3. The zero-order chi connectivity index (χ0) is 19.5. The van der Waals surface area contributed by atoms with Gasteiger partial charge in [-0.25, -0.2) is 9.80 Å². The third-order valence-corrected chi connectivity index (χ3v) is 5.17. The Morgan fingerprint density at radius 1 is 1.15 bits per heavy atom. The van der Waals surface area contributed by atoms with Crippen LogP contribution < -0.4 is 16.3 Å². The number of hydrazone groups is 1. The summed E-state index contributed by atoms with van der Waals surface area (Å²) >= 11 is 0. The number of nitrogens with zero attached hydrogens (tertiary/aromatic N) is 6. The molecular formula is C19H22N6O2. The SMILES string of the molecule is CC1=NN(C)c2nc3c(c(=O)n(Cc4cccc(C)c4)c(=O)n3C)n2C1C. The maximum atomic E-state index is 13.3. The lowest BCUT2D eigenvalue weighted by Crippen LogP contribution is -2.40. The second-order valence-electron chi connectivity index (χ2n) is 7.12. The number of hydrogen-bond acceptors (Lipinski definition) is 5. The van der Waals surface area contributed by atoms with Gasteiger partial charge in [0, 0.05) is 14.1 Å². The van der Waals surface area contributed by atoms with Gasteiger partial charge in [0.25, 0.3) is 5.56 Å². The Kier molecular flexibility index (Phi) is 3.80. The summed E-state index contributed by atoms with van der Waals surface area (Å²) < 4.78 is 4.58. The number of aromatic nitrogens is 4. The molecule has 0 fully saturated rings. The third kappa shape index (κ3) is 2.51. The van der Waals surface area contributed by atoms with E-state index in [1.165, 1.54) is 9.13 Å². The molecule has 0 saturated heterocycles. The highest BCUT2D eigenvalue weighted by Gasteiger charge is 2.29. The molecular weight excluding hydrogens is 344 g/mol. The van der Waals surface area contributed by atoms with E-state index in [4.69, 9.17) is 0 Å². The van der Waals surface area contributed by atoms with Crippen molar-refractivity contribution in [3.8, 4) is 0 Å². The Hall–Kier alpha value is -3.16. The average Bonchev–Trinajstić information content (AvgIpc) is 3.03. The zero-order valence-electron chi connectivity index (χ0n) is 16.1. The fourth-order valence-electron chi connectivity index (χ4n) is 3.61. The van der Waals surface area contributed by atoms with Crippen molar-refractivity contribution in [3.63, 3.8) is 0 Å². The summed E-state index contributed by atoms with van der Waals surface area (Å²) in [7, 11) is 3.44. The van der Waals surface area contributed by atoms with Crippen LogP contribution in [-0.2, 0) is 13.6 Å². The van der Waals surface area contributed by atoms with Crippen LogP contribution in [-0.4, -0.2) is 31.4 Å². The highest BCUT2D eigenvalue weighted by atomic mass is 16.2. The molecule has 0 amide bonds. The summed E-state index contributed by atoms with van der Waals surface area (Å²) in [6.45, 7) is 6.11. The summed E-state index contributed by atoms with van der Waals surface area (Å²) in [5, 5.41) is 6.10. The van der Waals surface area contributed by atoms with E-state index in [2.05, 4.69) is 10.1 Å². The van der Waals surface area contributed by atoms with Crippen LogP contribution in [0, 0.1) is 6.92 Å². The lowest BCUT2D eigenvalue weighted by molar-refractivity contribution is 0.637. The van der Waals surface area contributed by atoms with E-state index >= 15 is 0 Å². The largest absolute Gasteiger partial charge is 0.332 e. The first-order chi connectivity index (χ1) is 12.8. The van der Waals surface area contributed by atoms with Crippen LogP contribution in [0.25, 0.3) is 11.2 Å². The van der Waals surface area contributed by atoms with Crippen LogP contribution in [0.3, 0.4) is 0 Å². The molecule has 3 aromatic rings. The van der Waals surface area contributed by atoms with Crippen molar-refractivity contribution in [1.82, 2.24) is 18.7 Å². The molecule has 0 saturated carbocycles. The molecule has 8 nitrogen and oxygen atoms in total. The highest BCUT2D eigenvalue weighted by molar-refractivity contribution is 5.90. The van der Waals surface area contributed by atoms with Gasteiger partial charge >= 0.3 is 5.69 Å². The molecule has 1 aliphatic heterocycles. The number of anilines is 1. The summed E-state index contributed by atoms with van der Waals surface area (Å²) in [5.74, 6) is 0.559. The van der Waals surface area contributed by atoms with Gasteiger partial charge in [-0.3, -0.25) is 18.5 Å². The van der Waals surface area contributed by atoms with Crippen molar-refractivity contribution in [2.45, 2.75) is 33.4 Å². The van der Waals surface area contributed by atoms with Gasteiger partial charge in [-0.15, -0.1) is 0 Å². The molecule has 0 aliphatic carbocycles. The van der Waals surface area contributed by atoms with Gasteiger partial charge in [0.05, 0.1) is 18.3 Å². The van der Waals surface area contributed by atoms with Crippen LogP contribution in [0.4, 0.5) is 5.95 Å². The van der Waals surface area contributed by atoms with E-state index in [9.17, 15) is 9.59 Å². The quantitative estimate of drug-likeness (QED) is 0.691. The molecule has 2 aromatic heterocycles. The van der Waals surface area contributed by atoms with Gasteiger partial charge < -0.3 is 0 Å². The van der Waals surface area contributed by atoms with E-state index in [1.54, 1.807) is 19.1 Å². The van der Waals surface area contributed by atoms with Crippen molar-refractivity contribution in [1.29, 1.82) is 0 Å². The van der Waals surface area contributed by atoms with Crippen LogP contribution in [0.15, 0.2) is 39.0 Å². The lowest BCUT2D eigenvalue weighted by Gasteiger charge is -2.26. The van der Waals surface area contributed by atoms with E-state index in [-0.39, 0.29) is 23.8 Å². The molecule has 3 heterocycles. The molecule has 0 spiro atoms. The number of hydrogen-bond donors (Lipinski definition) is 0. The molecule has 0 radical (unpaired) electrons. The van der Waals surface area contributed by atoms with Crippen LogP contribution in [0.5, 0.6) is 0 Å². The van der Waals surface area contributed by atoms with Crippen LogP contribution in [0.2, 0.25) is 0 Å². The van der Waals surface area contributed by atoms with Crippen molar-refractivity contribution in [3.05, 3.63) is 56.2 Å². The minimum Gasteiger partial charge on any atom is -0.294 e. The van der Waals surface area contributed by atoms with E-state index in [0.29, 0.717) is 17.1 Å². The topological polar surface area (TPSA) is 77.4 Å². The monoisotopic (exact) mass is 366 g/mol. The first kappa shape index (κ1) is 17.3. The smallest absolute Gasteiger partial charge is 0.294 e. The van der Waals surface area contributed by atoms with Gasteiger partial charge in [0.2, 0.25) is 5.95 Å². The van der Waals surface area contributed by atoms with E-state index in [0.717, 1.165) is 16.8 Å². The summed E-state index contributed by atoms with van der Waals surface area (Å²) in [6.07, 6.45) is 0. The first-order valence-electron chi connectivity index (χ1n) is 8.85. The van der Waals surface area contributed by atoms with Gasteiger partial charge in [0.1, 0.15) is 0 Å². The maximum Gasteiger partial charge on any atom is 0.332 e. The number of benzene rings is 1. The number of imidazole rings is 1. The number of rotatable bonds is 2. The van der Waals surface area contributed by atoms with Gasteiger partial charge in [-0.1, -0.05) is 29.8 Å². The fourth-order valence-corrected chi connectivity index (χ4v) is 3.61. The minimum absolute atomic E-state index is 0.112. The molecule has 0 bridgehead atoms. The number of aryl methyl sites for hydroxylation is 2. The highest BCUT2D eigenvalue weighted by Crippen LogP contribution is 2.28. The summed E-state index contributed by atoms with van der Waals surface area (Å²) in [6, 6.07) is 7.70. The molecule has 27 heavy (non-hydrogen) atoms. The standard InChI is InChI=1S/C19H22N6O2/c1-11-7-6-8-14(9-11)10-24-17(26)15-16(22(4)19(24)27)20-18-23(5)21-12(2)13(3)25(15)18/h6-9,13H,10H2,1-5H3. The fraction of sp³-hybridized carbons (Fsp3) is 0.368. The Morgan fingerprint density at radius 3 is 2.59 bits per heavy atom. The zero-order valence-corrected chi connectivity index (χ0v) is 16.1. The summed E-state index contributed by atoms with van der Waals surface area (Å²) in [5.41, 5.74) is 2.97. The summed E-state index contributed by atoms with van der Waals surface area (Å²) in [4.78, 5) is 30.7. The molecule has 140 valence electrons. The van der Waals surface area contributed by atoms with Crippen LogP contribution >= 0.6 is 0 Å². The predicted octanol–water partition coefficient (Wildman–Crippen LogP) is 1.64. The Bertz CT molecular complexity index is 1210. The normalized spacial score (nSPS) is 16.6. The van der Waals surface area contributed by atoms with E-state index in [1.807, 2.05) is 49.6 Å². The van der Waals surface area contributed by atoms with Gasteiger partial charge in [0.15, 0.2) is 11.2 Å². The number of fused-ring (bicyclic) bond motifs is 3. The Morgan fingerprint density at radius 2 is 1.89 bits per heavy atom. The van der Waals surface area contributed by atoms with Gasteiger partial charge in [-0.2, -0.15) is 10.1 Å². The first-order valence-corrected chi connectivity index (χ1v) is 8.85. The molecule has 1 atom stereocenters. The third-order valence-electron chi connectivity index (χ3n) is 5.17. The minimum atomic E-state index is -0.377. The van der Waals surface area contributed by atoms with Crippen molar-refractivity contribution in [2.75, 3.05) is 12.1 Å². The lowest BCUT2D eigenvalue weighted by atomic mass is 10.1. The van der Waals surface area contributed by atoms with Crippen molar-refractivity contribution >= 4 is 22.8 Å². The second kappa shape index (κ2) is 5.94. The van der Waals surface area contributed by atoms with Gasteiger partial charge in [-0.05, 0) is 26.3 Å². The molecule has 8 heteroatoms. The molecule has 1 aromatic carbocycles.